The molecule has 0 aromatic heterocycles. The highest BCUT2D eigenvalue weighted by atomic mass is 127. The molecule has 1 unspecified atom stereocenters. The van der Waals surface area contributed by atoms with Crippen LogP contribution in [0.25, 0.3) is 0 Å². The maximum atomic E-state index is 12.4. The van der Waals surface area contributed by atoms with Gasteiger partial charge in [-0.15, -0.1) is 24.0 Å². The van der Waals surface area contributed by atoms with E-state index in [1.807, 2.05) is 11.0 Å². The van der Waals surface area contributed by atoms with Gasteiger partial charge in [0.2, 0.25) is 5.91 Å². The fourth-order valence-electron chi connectivity index (χ4n) is 4.63. The Morgan fingerprint density at radius 1 is 1.13 bits per heavy atom. The zero-order valence-electron chi connectivity index (χ0n) is 18.2. The van der Waals surface area contributed by atoms with Gasteiger partial charge in [-0.25, -0.2) is 0 Å². The van der Waals surface area contributed by atoms with Crippen molar-refractivity contribution in [1.29, 1.82) is 0 Å². The van der Waals surface area contributed by atoms with E-state index >= 15 is 0 Å². The highest BCUT2D eigenvalue weighted by molar-refractivity contribution is 14.0. The van der Waals surface area contributed by atoms with Gasteiger partial charge in [0.15, 0.2) is 5.96 Å². The van der Waals surface area contributed by atoms with Crippen LogP contribution < -0.4 is 10.6 Å². The second-order valence-corrected chi connectivity index (χ2v) is 9.08. The first-order chi connectivity index (χ1) is 14.2. The number of nitrogens with one attached hydrogen (secondary N) is 2. The van der Waals surface area contributed by atoms with Crippen molar-refractivity contribution in [2.45, 2.75) is 45.4 Å². The SMILES string of the molecule is CCNC(=NCC(C1CC1)C1CC1)NCC1CC(=O)N(CCc2ccccc2)C1.I. The number of carbonyl (C=O) groups is 1. The summed E-state index contributed by atoms with van der Waals surface area (Å²) in [6, 6.07) is 10.4. The summed E-state index contributed by atoms with van der Waals surface area (Å²) in [4.78, 5) is 19.3. The summed E-state index contributed by atoms with van der Waals surface area (Å²) < 4.78 is 0. The average molecular weight is 524 g/mol. The molecular formula is C24H37IN4O. The molecule has 1 amide bonds. The number of amides is 1. The van der Waals surface area contributed by atoms with Crippen molar-refractivity contribution in [2.24, 2.45) is 28.7 Å². The van der Waals surface area contributed by atoms with Gasteiger partial charge >= 0.3 is 0 Å². The van der Waals surface area contributed by atoms with Crippen LogP contribution in [0.1, 0.15) is 44.6 Å². The van der Waals surface area contributed by atoms with E-state index in [-0.39, 0.29) is 29.9 Å². The first-order valence-corrected chi connectivity index (χ1v) is 11.6. The van der Waals surface area contributed by atoms with Gasteiger partial charge in [-0.3, -0.25) is 9.79 Å². The van der Waals surface area contributed by atoms with Gasteiger partial charge in [0.1, 0.15) is 0 Å². The van der Waals surface area contributed by atoms with Crippen LogP contribution in [-0.4, -0.2) is 49.5 Å². The summed E-state index contributed by atoms with van der Waals surface area (Å²) in [5.41, 5.74) is 1.30. The average Bonchev–Trinajstić information content (AvgIpc) is 3.65. The van der Waals surface area contributed by atoms with E-state index in [0.29, 0.717) is 12.3 Å². The lowest BCUT2D eigenvalue weighted by Gasteiger charge is -2.18. The van der Waals surface area contributed by atoms with Gasteiger partial charge in [0.05, 0.1) is 0 Å². The van der Waals surface area contributed by atoms with Crippen molar-refractivity contribution in [3.8, 4) is 0 Å². The number of nitrogens with zero attached hydrogens (tertiary/aromatic N) is 2. The van der Waals surface area contributed by atoms with E-state index in [9.17, 15) is 4.79 Å². The minimum atomic E-state index is 0. The van der Waals surface area contributed by atoms with E-state index < -0.39 is 0 Å². The molecule has 2 N–H and O–H groups in total. The van der Waals surface area contributed by atoms with Gasteiger partial charge in [0, 0.05) is 45.1 Å². The van der Waals surface area contributed by atoms with Crippen LogP contribution in [0, 0.1) is 23.7 Å². The van der Waals surface area contributed by atoms with E-state index in [0.717, 1.165) is 62.9 Å². The lowest BCUT2D eigenvalue weighted by Crippen LogP contribution is -2.40. The van der Waals surface area contributed by atoms with Crippen molar-refractivity contribution in [1.82, 2.24) is 15.5 Å². The summed E-state index contributed by atoms with van der Waals surface area (Å²) in [6.07, 6.45) is 7.20. The Morgan fingerprint density at radius 3 is 2.47 bits per heavy atom. The monoisotopic (exact) mass is 524 g/mol. The topological polar surface area (TPSA) is 56.7 Å². The van der Waals surface area contributed by atoms with Crippen LogP contribution >= 0.6 is 24.0 Å². The highest BCUT2D eigenvalue weighted by Gasteiger charge is 2.41. The molecule has 3 fully saturated rings. The molecule has 0 spiro atoms. The summed E-state index contributed by atoms with van der Waals surface area (Å²) in [5, 5.41) is 6.90. The molecule has 1 aromatic rings. The molecule has 1 saturated heterocycles. The molecule has 4 rings (SSSR count). The molecule has 0 bridgehead atoms. The Kier molecular flexibility index (Phi) is 8.84. The molecular weight excluding hydrogens is 487 g/mol. The number of rotatable bonds is 10. The fraction of sp³-hybridized carbons (Fsp3) is 0.667. The standard InChI is InChI=1S/C24H36N4O.HI/c1-2-25-24(27-16-22(20-8-9-20)21-10-11-21)26-15-19-14-23(29)28(17-19)13-12-18-6-4-3-5-7-18;/h3-7,19-22H,2,8-17H2,1H3,(H2,25,26,27);1H. The van der Waals surface area contributed by atoms with Crippen LogP contribution in [0.2, 0.25) is 0 Å². The molecule has 1 atom stereocenters. The number of aliphatic imine (C=N–C) groups is 1. The molecule has 2 aliphatic carbocycles. The number of halogens is 1. The largest absolute Gasteiger partial charge is 0.357 e. The Bertz CT molecular complexity index is 690. The van der Waals surface area contributed by atoms with E-state index in [4.69, 9.17) is 4.99 Å². The second-order valence-electron chi connectivity index (χ2n) is 9.08. The van der Waals surface area contributed by atoms with E-state index in [1.54, 1.807) is 0 Å². The number of benzene rings is 1. The van der Waals surface area contributed by atoms with Gasteiger partial charge in [-0.05, 0) is 62.3 Å². The first kappa shape index (κ1) is 23.4. The maximum absolute atomic E-state index is 12.4. The number of likely N-dealkylation sites (tertiary alicyclic amines) is 1. The highest BCUT2D eigenvalue weighted by Crippen LogP contribution is 2.49. The lowest BCUT2D eigenvalue weighted by molar-refractivity contribution is -0.127. The third-order valence-corrected chi connectivity index (χ3v) is 6.63. The predicted molar refractivity (Wildman–Crippen MR) is 133 cm³/mol. The first-order valence-electron chi connectivity index (χ1n) is 11.6. The smallest absolute Gasteiger partial charge is 0.223 e. The normalized spacial score (nSPS) is 21.7. The van der Waals surface area contributed by atoms with Crippen LogP contribution in [0.5, 0.6) is 0 Å². The summed E-state index contributed by atoms with van der Waals surface area (Å²) in [5.74, 6) is 4.24. The molecule has 3 aliphatic rings. The van der Waals surface area contributed by atoms with Gasteiger partial charge < -0.3 is 15.5 Å². The molecule has 1 heterocycles. The number of hydrogen-bond acceptors (Lipinski definition) is 2. The van der Waals surface area contributed by atoms with Crippen LogP contribution in [-0.2, 0) is 11.2 Å². The van der Waals surface area contributed by atoms with Crippen LogP contribution in [0.3, 0.4) is 0 Å². The molecule has 2 saturated carbocycles. The fourth-order valence-corrected chi connectivity index (χ4v) is 4.63. The Hall–Kier alpha value is -1.31. The van der Waals surface area contributed by atoms with E-state index in [1.165, 1.54) is 31.2 Å². The minimum Gasteiger partial charge on any atom is -0.357 e. The molecule has 1 aliphatic heterocycles. The quantitative estimate of drug-likeness (QED) is 0.279. The zero-order valence-corrected chi connectivity index (χ0v) is 20.5. The summed E-state index contributed by atoms with van der Waals surface area (Å²) >= 11 is 0. The molecule has 30 heavy (non-hydrogen) atoms. The molecule has 5 nitrogen and oxygen atoms in total. The second kappa shape index (κ2) is 11.3. The Balaban J connectivity index is 0.00000256. The minimum absolute atomic E-state index is 0. The Labute approximate surface area is 198 Å². The lowest BCUT2D eigenvalue weighted by atomic mass is 9.98. The molecule has 166 valence electrons. The van der Waals surface area contributed by atoms with Gasteiger partial charge in [-0.1, -0.05) is 30.3 Å². The number of carbonyl (C=O) groups excluding carboxylic acids is 1. The van der Waals surface area contributed by atoms with Crippen LogP contribution in [0.4, 0.5) is 0 Å². The molecule has 0 radical (unpaired) electrons. The number of hydrogen-bond donors (Lipinski definition) is 2. The van der Waals surface area contributed by atoms with Crippen molar-refractivity contribution < 1.29 is 4.79 Å². The van der Waals surface area contributed by atoms with Crippen molar-refractivity contribution in [3.05, 3.63) is 35.9 Å². The number of guanidine groups is 1. The van der Waals surface area contributed by atoms with Crippen molar-refractivity contribution >= 4 is 35.8 Å². The van der Waals surface area contributed by atoms with E-state index in [2.05, 4.69) is 41.8 Å². The zero-order chi connectivity index (χ0) is 20.1. The molecule has 1 aromatic carbocycles. The van der Waals surface area contributed by atoms with Crippen molar-refractivity contribution in [3.63, 3.8) is 0 Å². The van der Waals surface area contributed by atoms with Crippen molar-refractivity contribution in [2.75, 3.05) is 32.7 Å². The van der Waals surface area contributed by atoms with Crippen LogP contribution in [0.15, 0.2) is 35.3 Å². The van der Waals surface area contributed by atoms with Gasteiger partial charge in [-0.2, -0.15) is 0 Å². The molecule has 6 heteroatoms. The third-order valence-electron chi connectivity index (χ3n) is 6.63. The summed E-state index contributed by atoms with van der Waals surface area (Å²) in [6.45, 7) is 6.42. The Morgan fingerprint density at radius 2 is 1.83 bits per heavy atom. The predicted octanol–water partition coefficient (Wildman–Crippen LogP) is 3.69. The maximum Gasteiger partial charge on any atom is 0.223 e. The summed E-state index contributed by atoms with van der Waals surface area (Å²) in [7, 11) is 0. The third kappa shape index (κ3) is 6.86. The van der Waals surface area contributed by atoms with Gasteiger partial charge in [0.25, 0.3) is 0 Å².